The highest BCUT2D eigenvalue weighted by atomic mass is 16.1. The van der Waals surface area contributed by atoms with Gasteiger partial charge in [-0.15, -0.1) is 0 Å². The van der Waals surface area contributed by atoms with Gasteiger partial charge in [0.15, 0.2) is 0 Å². The van der Waals surface area contributed by atoms with E-state index >= 15 is 0 Å². The molecule has 0 unspecified atom stereocenters. The molecule has 0 fully saturated rings. The Balaban J connectivity index is 2.99. The van der Waals surface area contributed by atoms with Crippen molar-refractivity contribution in [3.8, 4) is 0 Å². The molecule has 0 amide bonds. The van der Waals surface area contributed by atoms with E-state index in [9.17, 15) is 4.79 Å². The third-order valence-electron chi connectivity index (χ3n) is 2.91. The summed E-state index contributed by atoms with van der Waals surface area (Å²) in [7, 11) is 0. The predicted octanol–water partition coefficient (Wildman–Crippen LogP) is 4.22. The van der Waals surface area contributed by atoms with Crippen molar-refractivity contribution in [2.24, 2.45) is 5.92 Å². The lowest BCUT2D eigenvalue weighted by Crippen LogP contribution is -2.10. The van der Waals surface area contributed by atoms with Crippen molar-refractivity contribution in [3.05, 3.63) is 41.0 Å². The molecule has 0 aliphatic rings. The van der Waals surface area contributed by atoms with Crippen molar-refractivity contribution >= 4 is 12.4 Å². The molecule has 0 saturated heterocycles. The average Bonchev–Trinajstić information content (AvgIpc) is 2.25. The predicted molar refractivity (Wildman–Crippen MR) is 74.0 cm³/mol. The molecule has 0 aliphatic heterocycles. The largest absolute Gasteiger partial charge is 0.298 e. The van der Waals surface area contributed by atoms with Crippen LogP contribution in [-0.4, -0.2) is 6.29 Å². The van der Waals surface area contributed by atoms with Crippen molar-refractivity contribution in [2.75, 3.05) is 0 Å². The second-order valence-electron chi connectivity index (χ2n) is 5.79. The Kier molecular flexibility index (Phi) is 4.28. The highest BCUT2D eigenvalue weighted by molar-refractivity contribution is 5.82. The fourth-order valence-corrected chi connectivity index (χ4v) is 1.61. The van der Waals surface area contributed by atoms with Crippen molar-refractivity contribution in [1.82, 2.24) is 0 Å². The molecule has 0 spiro atoms. The van der Waals surface area contributed by atoms with Gasteiger partial charge in [-0.05, 0) is 34.1 Å². The van der Waals surface area contributed by atoms with Gasteiger partial charge in [-0.3, -0.25) is 4.79 Å². The van der Waals surface area contributed by atoms with Gasteiger partial charge in [0.05, 0.1) is 0 Å². The van der Waals surface area contributed by atoms with E-state index in [1.807, 2.05) is 19.9 Å². The van der Waals surface area contributed by atoms with E-state index in [1.54, 1.807) is 0 Å². The summed E-state index contributed by atoms with van der Waals surface area (Å²) in [6.45, 7) is 10.7. The second-order valence-corrected chi connectivity index (χ2v) is 5.79. The Morgan fingerprint density at radius 2 is 1.65 bits per heavy atom. The lowest BCUT2D eigenvalue weighted by atomic mass is 9.86. The molecule has 1 heteroatoms. The van der Waals surface area contributed by atoms with Crippen molar-refractivity contribution in [1.29, 1.82) is 0 Å². The first-order valence-corrected chi connectivity index (χ1v) is 6.12. The summed E-state index contributed by atoms with van der Waals surface area (Å²) < 4.78 is 0. The summed E-state index contributed by atoms with van der Waals surface area (Å²) in [5, 5.41) is 0. The number of aldehydes is 1. The monoisotopic (exact) mass is 230 g/mol. The third-order valence-corrected chi connectivity index (χ3v) is 2.91. The maximum Gasteiger partial charge on any atom is 0.146 e. The van der Waals surface area contributed by atoms with Crippen LogP contribution in [0, 0.1) is 5.92 Å². The molecular formula is C16H22O. The van der Waals surface area contributed by atoms with Gasteiger partial charge < -0.3 is 0 Å². The highest BCUT2D eigenvalue weighted by Crippen LogP contribution is 2.23. The number of hydrogen-bond donors (Lipinski definition) is 0. The summed E-state index contributed by atoms with van der Waals surface area (Å²) in [4.78, 5) is 10.9. The highest BCUT2D eigenvalue weighted by Gasteiger charge is 2.12. The van der Waals surface area contributed by atoms with Crippen LogP contribution in [0.4, 0.5) is 0 Å². The quantitative estimate of drug-likeness (QED) is 0.561. The van der Waals surface area contributed by atoms with Gasteiger partial charge in [0, 0.05) is 0 Å². The van der Waals surface area contributed by atoms with E-state index in [0.717, 1.165) is 17.4 Å². The van der Waals surface area contributed by atoms with E-state index in [-0.39, 0.29) is 11.3 Å². The summed E-state index contributed by atoms with van der Waals surface area (Å²) in [6, 6.07) is 8.42. The third kappa shape index (κ3) is 3.85. The average molecular weight is 230 g/mol. The smallest absolute Gasteiger partial charge is 0.146 e. The molecule has 1 aromatic rings. The first-order chi connectivity index (χ1) is 7.84. The minimum Gasteiger partial charge on any atom is -0.298 e. The molecule has 17 heavy (non-hydrogen) atoms. The van der Waals surface area contributed by atoms with Gasteiger partial charge in [-0.25, -0.2) is 0 Å². The van der Waals surface area contributed by atoms with Crippen LogP contribution in [0.15, 0.2) is 29.8 Å². The standard InChI is InChI=1S/C16H22O/c1-12(2)14(11-17)10-13-6-8-15(9-7-13)16(3,4)5/h6-12H,1-5H3. The van der Waals surface area contributed by atoms with E-state index < -0.39 is 0 Å². The van der Waals surface area contributed by atoms with Crippen molar-refractivity contribution < 1.29 is 4.79 Å². The summed E-state index contributed by atoms with van der Waals surface area (Å²) in [5.74, 6) is 0.273. The van der Waals surface area contributed by atoms with E-state index in [4.69, 9.17) is 0 Å². The zero-order valence-electron chi connectivity index (χ0n) is 11.4. The SMILES string of the molecule is CC(C)C(C=O)=Cc1ccc(C(C)(C)C)cc1. The first-order valence-electron chi connectivity index (χ1n) is 6.12. The van der Waals surface area contributed by atoms with Crippen LogP contribution in [0.5, 0.6) is 0 Å². The van der Waals surface area contributed by atoms with Gasteiger partial charge in [0.1, 0.15) is 6.29 Å². The fraction of sp³-hybridized carbons (Fsp3) is 0.438. The molecule has 0 bridgehead atoms. The van der Waals surface area contributed by atoms with Crippen LogP contribution in [-0.2, 0) is 10.2 Å². The summed E-state index contributed by atoms with van der Waals surface area (Å²) in [6.07, 6.45) is 2.91. The van der Waals surface area contributed by atoms with Gasteiger partial charge in [0.25, 0.3) is 0 Å². The summed E-state index contributed by atoms with van der Waals surface area (Å²) >= 11 is 0. The Hall–Kier alpha value is -1.37. The van der Waals surface area contributed by atoms with E-state index in [0.29, 0.717) is 0 Å². The molecule has 0 atom stereocenters. The maximum atomic E-state index is 10.9. The van der Waals surface area contributed by atoms with Crippen LogP contribution in [0.25, 0.3) is 6.08 Å². The molecule has 0 aliphatic carbocycles. The number of carbonyl (C=O) groups excluding carboxylic acids is 1. The number of benzene rings is 1. The van der Waals surface area contributed by atoms with Gasteiger partial charge >= 0.3 is 0 Å². The molecule has 1 rings (SSSR count). The second kappa shape index (κ2) is 5.31. The lowest BCUT2D eigenvalue weighted by molar-refractivity contribution is -0.105. The Morgan fingerprint density at radius 3 is 2.00 bits per heavy atom. The molecular weight excluding hydrogens is 208 g/mol. The summed E-state index contributed by atoms with van der Waals surface area (Å²) in [5.41, 5.74) is 3.42. The van der Waals surface area contributed by atoms with Crippen molar-refractivity contribution in [2.45, 2.75) is 40.0 Å². The number of allylic oxidation sites excluding steroid dienone is 1. The van der Waals surface area contributed by atoms with Gasteiger partial charge in [-0.2, -0.15) is 0 Å². The lowest BCUT2D eigenvalue weighted by Gasteiger charge is -2.18. The van der Waals surface area contributed by atoms with Crippen LogP contribution < -0.4 is 0 Å². The zero-order chi connectivity index (χ0) is 13.1. The fourth-order valence-electron chi connectivity index (χ4n) is 1.61. The maximum absolute atomic E-state index is 10.9. The van der Waals surface area contributed by atoms with Crippen LogP contribution in [0.1, 0.15) is 45.7 Å². The number of rotatable bonds is 3. The minimum atomic E-state index is 0.174. The molecule has 0 heterocycles. The Labute approximate surface area is 105 Å². The number of carbonyl (C=O) groups is 1. The van der Waals surface area contributed by atoms with Crippen molar-refractivity contribution in [3.63, 3.8) is 0 Å². The molecule has 92 valence electrons. The van der Waals surface area contributed by atoms with Gasteiger partial charge in [0.2, 0.25) is 0 Å². The van der Waals surface area contributed by atoms with Crippen LogP contribution in [0.3, 0.4) is 0 Å². The first kappa shape index (κ1) is 13.7. The molecule has 0 aromatic heterocycles. The molecule has 1 nitrogen and oxygen atoms in total. The number of hydrogen-bond acceptors (Lipinski definition) is 1. The Morgan fingerprint density at radius 1 is 1.12 bits per heavy atom. The Bertz CT molecular complexity index is 402. The molecule has 1 aromatic carbocycles. The van der Waals surface area contributed by atoms with Gasteiger partial charge in [-0.1, -0.05) is 58.9 Å². The zero-order valence-corrected chi connectivity index (χ0v) is 11.4. The van der Waals surface area contributed by atoms with Crippen LogP contribution in [0.2, 0.25) is 0 Å². The molecule has 0 N–H and O–H groups in total. The minimum absolute atomic E-state index is 0.174. The normalized spacial score (nSPS) is 12.9. The topological polar surface area (TPSA) is 17.1 Å². The molecule has 0 radical (unpaired) electrons. The van der Waals surface area contributed by atoms with E-state index in [2.05, 4.69) is 45.0 Å². The molecule has 0 saturated carbocycles. The van der Waals surface area contributed by atoms with Crippen LogP contribution >= 0.6 is 0 Å². The van der Waals surface area contributed by atoms with E-state index in [1.165, 1.54) is 5.56 Å².